The molecule has 17 heavy (non-hydrogen) atoms. The molecule has 1 rings (SSSR count). The van der Waals surface area contributed by atoms with E-state index in [1.54, 1.807) is 6.20 Å². The third-order valence-corrected chi connectivity index (χ3v) is 2.18. The zero-order valence-corrected chi connectivity index (χ0v) is 11.4. The van der Waals surface area contributed by atoms with Crippen molar-refractivity contribution in [3.8, 4) is 0 Å². The summed E-state index contributed by atoms with van der Waals surface area (Å²) >= 11 is 0. The molecule has 1 aromatic rings. The molecule has 0 aliphatic rings. The number of nitrogens with two attached hydrogens (primary N) is 1. The molecule has 1 amide bonds. The summed E-state index contributed by atoms with van der Waals surface area (Å²) < 4.78 is 0. The summed E-state index contributed by atoms with van der Waals surface area (Å²) in [6.07, 6.45) is 3.15. The van der Waals surface area contributed by atoms with Crippen molar-refractivity contribution in [2.45, 2.75) is 25.8 Å². The van der Waals surface area contributed by atoms with E-state index in [2.05, 4.69) is 10.3 Å². The molecule has 0 aliphatic heterocycles. The Labute approximate surface area is 114 Å². The van der Waals surface area contributed by atoms with E-state index in [9.17, 15) is 4.79 Å². The summed E-state index contributed by atoms with van der Waals surface area (Å²) in [4.78, 5) is 15.5. The van der Waals surface area contributed by atoms with Crippen LogP contribution < -0.4 is 11.1 Å². The highest BCUT2D eigenvalue weighted by molar-refractivity contribution is 5.85. The fourth-order valence-electron chi connectivity index (χ4n) is 1.18. The summed E-state index contributed by atoms with van der Waals surface area (Å²) in [5.41, 5.74) is 6.54. The largest absolute Gasteiger partial charge is 0.354 e. The highest BCUT2D eigenvalue weighted by Gasteiger charge is 2.09. The first-order valence-corrected chi connectivity index (χ1v) is 5.17. The predicted octanol–water partition coefficient (Wildman–Crippen LogP) is 1.32. The minimum Gasteiger partial charge on any atom is -0.354 e. The van der Waals surface area contributed by atoms with E-state index in [0.717, 1.165) is 12.1 Å². The fraction of sp³-hybridized carbons (Fsp3) is 0.455. The molecule has 0 saturated carbocycles. The maximum atomic E-state index is 11.3. The number of hydrogen-bond donors (Lipinski definition) is 2. The second kappa shape index (κ2) is 10.3. The number of halogens is 2. The van der Waals surface area contributed by atoms with Crippen molar-refractivity contribution in [2.75, 3.05) is 6.54 Å². The molecule has 3 N–H and O–H groups in total. The van der Waals surface area contributed by atoms with Crippen LogP contribution in [0.1, 0.15) is 19.0 Å². The van der Waals surface area contributed by atoms with Gasteiger partial charge in [0.2, 0.25) is 5.91 Å². The van der Waals surface area contributed by atoms with E-state index in [1.165, 1.54) is 0 Å². The molecule has 98 valence electrons. The van der Waals surface area contributed by atoms with Gasteiger partial charge in [-0.25, -0.2) is 0 Å². The Hall–Kier alpha value is -0.840. The van der Waals surface area contributed by atoms with E-state index < -0.39 is 6.04 Å². The van der Waals surface area contributed by atoms with Gasteiger partial charge in [-0.2, -0.15) is 0 Å². The minimum atomic E-state index is -0.395. The molecule has 1 heterocycles. The third-order valence-electron chi connectivity index (χ3n) is 2.18. The van der Waals surface area contributed by atoms with Gasteiger partial charge in [0.25, 0.3) is 0 Å². The molecule has 0 aromatic carbocycles. The van der Waals surface area contributed by atoms with Crippen LogP contribution in [-0.2, 0) is 11.2 Å². The normalized spacial score (nSPS) is 10.7. The topological polar surface area (TPSA) is 68.0 Å². The quantitative estimate of drug-likeness (QED) is 0.854. The Bertz CT molecular complexity index is 309. The van der Waals surface area contributed by atoms with Crippen molar-refractivity contribution in [3.63, 3.8) is 0 Å². The van der Waals surface area contributed by atoms with E-state index in [4.69, 9.17) is 5.73 Å². The monoisotopic (exact) mass is 279 g/mol. The first kappa shape index (κ1) is 18.5. The van der Waals surface area contributed by atoms with Gasteiger partial charge in [-0.15, -0.1) is 24.8 Å². The summed E-state index contributed by atoms with van der Waals surface area (Å²) in [5, 5.41) is 2.78. The van der Waals surface area contributed by atoms with E-state index in [0.29, 0.717) is 13.0 Å². The van der Waals surface area contributed by atoms with Crippen LogP contribution in [0.25, 0.3) is 0 Å². The second-order valence-electron chi connectivity index (χ2n) is 3.38. The van der Waals surface area contributed by atoms with E-state index >= 15 is 0 Å². The molecular weight excluding hydrogens is 261 g/mol. The van der Waals surface area contributed by atoms with Crippen LogP contribution in [0.15, 0.2) is 24.4 Å². The first-order valence-electron chi connectivity index (χ1n) is 5.17. The molecule has 0 radical (unpaired) electrons. The maximum Gasteiger partial charge on any atom is 0.236 e. The lowest BCUT2D eigenvalue weighted by molar-refractivity contribution is -0.122. The van der Waals surface area contributed by atoms with Crippen LogP contribution in [0.4, 0.5) is 0 Å². The van der Waals surface area contributed by atoms with Gasteiger partial charge in [0.1, 0.15) is 0 Å². The Kier molecular flexibility index (Phi) is 11.2. The standard InChI is InChI=1S/C11H17N3O.2ClH/c1-2-10(12)11(15)14-8-6-9-5-3-4-7-13-9;;/h3-5,7,10H,2,6,8,12H2,1H3,(H,14,15);2*1H/t10-;;/m0../s1. The van der Waals surface area contributed by atoms with Crippen molar-refractivity contribution >= 4 is 30.7 Å². The molecule has 0 aliphatic carbocycles. The van der Waals surface area contributed by atoms with Gasteiger partial charge < -0.3 is 11.1 Å². The van der Waals surface area contributed by atoms with Crippen LogP contribution in [0.2, 0.25) is 0 Å². The number of pyridine rings is 1. The average Bonchev–Trinajstić information content (AvgIpc) is 2.29. The van der Waals surface area contributed by atoms with Crippen molar-refractivity contribution in [2.24, 2.45) is 5.73 Å². The summed E-state index contributed by atoms with van der Waals surface area (Å²) in [5.74, 6) is -0.0894. The van der Waals surface area contributed by atoms with Gasteiger partial charge in [0, 0.05) is 24.9 Å². The Morgan fingerprint density at radius 3 is 2.71 bits per heavy atom. The number of amides is 1. The molecule has 0 spiro atoms. The number of carbonyl (C=O) groups excluding carboxylic acids is 1. The van der Waals surface area contributed by atoms with Crippen LogP contribution in [0.5, 0.6) is 0 Å². The number of aromatic nitrogens is 1. The van der Waals surface area contributed by atoms with Gasteiger partial charge >= 0.3 is 0 Å². The Morgan fingerprint density at radius 2 is 2.18 bits per heavy atom. The molecule has 6 heteroatoms. The maximum absolute atomic E-state index is 11.3. The SMILES string of the molecule is CC[C@H](N)C(=O)NCCc1ccccn1.Cl.Cl. The number of hydrogen-bond acceptors (Lipinski definition) is 3. The zero-order valence-electron chi connectivity index (χ0n) is 9.76. The molecule has 1 aromatic heterocycles. The molecule has 0 fully saturated rings. The van der Waals surface area contributed by atoms with Gasteiger partial charge in [0.15, 0.2) is 0 Å². The molecule has 4 nitrogen and oxygen atoms in total. The van der Waals surface area contributed by atoms with Crippen LogP contribution in [-0.4, -0.2) is 23.5 Å². The summed E-state index contributed by atoms with van der Waals surface area (Å²) in [6.45, 7) is 2.48. The molecular formula is C11H19Cl2N3O. The minimum absolute atomic E-state index is 0. The number of nitrogens with zero attached hydrogens (tertiary/aromatic N) is 1. The van der Waals surface area contributed by atoms with Gasteiger partial charge in [-0.05, 0) is 18.6 Å². The molecule has 0 bridgehead atoms. The molecule has 0 saturated heterocycles. The highest BCUT2D eigenvalue weighted by atomic mass is 35.5. The third kappa shape index (κ3) is 7.15. The predicted molar refractivity (Wildman–Crippen MR) is 73.7 cm³/mol. The van der Waals surface area contributed by atoms with Crippen molar-refractivity contribution < 1.29 is 4.79 Å². The summed E-state index contributed by atoms with van der Waals surface area (Å²) in [7, 11) is 0. The van der Waals surface area contributed by atoms with Gasteiger partial charge in [0.05, 0.1) is 6.04 Å². The fourth-order valence-corrected chi connectivity index (χ4v) is 1.18. The van der Waals surface area contributed by atoms with Crippen molar-refractivity contribution in [3.05, 3.63) is 30.1 Å². The zero-order chi connectivity index (χ0) is 11.1. The lowest BCUT2D eigenvalue weighted by Gasteiger charge is -2.09. The molecule has 0 unspecified atom stereocenters. The van der Waals surface area contributed by atoms with Gasteiger partial charge in [-0.1, -0.05) is 13.0 Å². The first-order chi connectivity index (χ1) is 7.24. The van der Waals surface area contributed by atoms with Gasteiger partial charge in [-0.3, -0.25) is 9.78 Å². The van der Waals surface area contributed by atoms with Crippen molar-refractivity contribution in [1.29, 1.82) is 0 Å². The second-order valence-corrected chi connectivity index (χ2v) is 3.38. The highest BCUT2D eigenvalue weighted by Crippen LogP contribution is 1.93. The molecule has 1 atom stereocenters. The lowest BCUT2D eigenvalue weighted by atomic mass is 10.2. The Morgan fingerprint density at radius 1 is 1.47 bits per heavy atom. The van der Waals surface area contributed by atoms with Crippen LogP contribution >= 0.6 is 24.8 Å². The number of carbonyl (C=O) groups is 1. The Balaban J connectivity index is 0. The lowest BCUT2D eigenvalue weighted by Crippen LogP contribution is -2.40. The van der Waals surface area contributed by atoms with E-state index in [-0.39, 0.29) is 30.7 Å². The van der Waals surface area contributed by atoms with Crippen molar-refractivity contribution in [1.82, 2.24) is 10.3 Å². The van der Waals surface area contributed by atoms with Crippen LogP contribution in [0, 0.1) is 0 Å². The van der Waals surface area contributed by atoms with E-state index in [1.807, 2.05) is 25.1 Å². The number of rotatable bonds is 5. The summed E-state index contributed by atoms with van der Waals surface area (Å²) in [6, 6.07) is 5.34. The number of nitrogens with one attached hydrogen (secondary N) is 1. The smallest absolute Gasteiger partial charge is 0.236 e. The van der Waals surface area contributed by atoms with Crippen LogP contribution in [0.3, 0.4) is 0 Å². The average molecular weight is 280 g/mol.